The van der Waals surface area contributed by atoms with Crippen molar-refractivity contribution in [3.8, 4) is 11.5 Å². The van der Waals surface area contributed by atoms with Crippen molar-refractivity contribution in [1.29, 1.82) is 0 Å². The van der Waals surface area contributed by atoms with E-state index in [0.29, 0.717) is 72.6 Å². The fourth-order valence-corrected chi connectivity index (χ4v) is 7.23. The summed E-state index contributed by atoms with van der Waals surface area (Å²) in [6.07, 6.45) is 3.08. The van der Waals surface area contributed by atoms with Crippen LogP contribution in [-0.2, 0) is 34.0 Å². The number of amides is 6. The Balaban J connectivity index is 0.914. The maximum absolute atomic E-state index is 13.9. The van der Waals surface area contributed by atoms with Gasteiger partial charge in [0.1, 0.15) is 29.7 Å². The van der Waals surface area contributed by atoms with Crippen LogP contribution >= 0.6 is 0 Å². The summed E-state index contributed by atoms with van der Waals surface area (Å²) in [6, 6.07) is 11.3. The Morgan fingerprint density at radius 2 is 1.78 bits per heavy atom. The van der Waals surface area contributed by atoms with Gasteiger partial charge in [-0.05, 0) is 70.4 Å². The van der Waals surface area contributed by atoms with Crippen molar-refractivity contribution in [1.82, 2.24) is 45.6 Å². The summed E-state index contributed by atoms with van der Waals surface area (Å²) in [5.41, 5.74) is 3.48. The lowest BCUT2D eigenvalue weighted by Gasteiger charge is -2.27. The molecule has 0 saturated carbocycles. The second-order valence-corrected chi connectivity index (χ2v) is 14.6. The van der Waals surface area contributed by atoms with E-state index in [9.17, 15) is 28.8 Å². The van der Waals surface area contributed by atoms with E-state index in [4.69, 9.17) is 9.97 Å². The largest absolute Gasteiger partial charge is 0.384 e. The molecule has 18 nitrogen and oxygen atoms in total. The van der Waals surface area contributed by atoms with Crippen molar-refractivity contribution < 1.29 is 28.8 Å². The molecule has 302 valence electrons. The van der Waals surface area contributed by atoms with Crippen molar-refractivity contribution in [2.24, 2.45) is 0 Å². The average molecular weight is 791 g/mol. The molecule has 1 unspecified atom stereocenters. The van der Waals surface area contributed by atoms with Crippen LogP contribution in [0.3, 0.4) is 0 Å². The van der Waals surface area contributed by atoms with Gasteiger partial charge in [-0.1, -0.05) is 12.1 Å². The maximum Gasteiger partial charge on any atom is 0.264 e. The number of carbonyl (C=O) groups is 6. The number of rotatable bonds is 16. The number of piperidine rings is 1. The molecule has 1 fully saturated rings. The number of nitrogens with zero attached hydrogens (tertiary/aromatic N) is 8. The highest BCUT2D eigenvalue weighted by molar-refractivity contribution is 6.25. The van der Waals surface area contributed by atoms with Crippen LogP contribution in [0.2, 0.25) is 0 Å². The molecule has 1 saturated heterocycles. The molecule has 0 aliphatic carbocycles. The first-order valence-electron chi connectivity index (χ1n) is 19.4. The smallest absolute Gasteiger partial charge is 0.264 e. The highest BCUT2D eigenvalue weighted by Crippen LogP contribution is 2.34. The lowest BCUT2D eigenvalue weighted by atomic mass is 10.0. The summed E-state index contributed by atoms with van der Waals surface area (Å²) < 4.78 is 1.88. The molecule has 0 bridgehead atoms. The van der Waals surface area contributed by atoms with Gasteiger partial charge in [0.25, 0.3) is 17.7 Å². The van der Waals surface area contributed by atoms with Crippen LogP contribution in [0.5, 0.6) is 0 Å². The maximum atomic E-state index is 13.9. The minimum atomic E-state index is -1.04. The molecule has 1 atom stereocenters. The first-order valence-corrected chi connectivity index (χ1v) is 19.4. The van der Waals surface area contributed by atoms with E-state index in [1.54, 1.807) is 35.5 Å². The molecule has 58 heavy (non-hydrogen) atoms. The zero-order valence-electron chi connectivity index (χ0n) is 32.9. The van der Waals surface area contributed by atoms with Crippen molar-refractivity contribution in [3.63, 3.8) is 0 Å². The van der Waals surface area contributed by atoms with Gasteiger partial charge < -0.3 is 25.4 Å². The van der Waals surface area contributed by atoms with Crippen LogP contribution in [0.25, 0.3) is 11.5 Å². The zero-order chi connectivity index (χ0) is 41.1. The molecular formula is C40H46N12O6. The third-order valence-corrected chi connectivity index (χ3v) is 10.6. The first kappa shape index (κ1) is 39.7. The number of unbranched alkanes of at least 4 members (excludes halogenated alkanes) is 1. The van der Waals surface area contributed by atoms with Crippen molar-refractivity contribution >= 4 is 52.8 Å². The fourth-order valence-electron chi connectivity index (χ4n) is 7.23. The molecule has 7 rings (SSSR count). The van der Waals surface area contributed by atoms with Gasteiger partial charge in [-0.15, -0.1) is 10.2 Å². The SMILES string of the molecule is CCn1cnnc1-c1cccc(N2Cc3c(cc(N(C)C(C)C)nc3CNCC(=O)NCCCCNc3cccc4c3C(=O)N(C3CCC(=O)NC3=O)C4=O)C2=O)n1. The van der Waals surface area contributed by atoms with E-state index in [1.165, 1.54) is 0 Å². The molecule has 6 heterocycles. The first-order chi connectivity index (χ1) is 28.0. The van der Waals surface area contributed by atoms with Gasteiger partial charge in [-0.3, -0.25) is 43.9 Å². The Bertz CT molecular complexity index is 2290. The van der Waals surface area contributed by atoms with Gasteiger partial charge in [0.05, 0.1) is 35.5 Å². The number of anilines is 3. The van der Waals surface area contributed by atoms with Gasteiger partial charge in [-0.2, -0.15) is 0 Å². The number of hydrogen-bond donors (Lipinski definition) is 4. The number of benzene rings is 1. The van der Waals surface area contributed by atoms with Gasteiger partial charge >= 0.3 is 0 Å². The Hall–Kier alpha value is -6.56. The van der Waals surface area contributed by atoms with Crippen LogP contribution < -0.4 is 31.1 Å². The molecule has 3 aromatic heterocycles. The van der Waals surface area contributed by atoms with E-state index in [-0.39, 0.29) is 61.5 Å². The lowest BCUT2D eigenvalue weighted by molar-refractivity contribution is -0.136. The van der Waals surface area contributed by atoms with Crippen LogP contribution in [0.4, 0.5) is 17.3 Å². The normalized spacial score (nSPS) is 16.2. The quantitative estimate of drug-likeness (QED) is 0.0948. The number of fused-ring (bicyclic) bond motifs is 2. The highest BCUT2D eigenvalue weighted by Gasteiger charge is 2.45. The summed E-state index contributed by atoms with van der Waals surface area (Å²) in [7, 11) is 1.93. The average Bonchev–Trinajstić information content (AvgIpc) is 3.90. The van der Waals surface area contributed by atoms with E-state index < -0.39 is 29.7 Å². The van der Waals surface area contributed by atoms with Crippen LogP contribution in [0, 0.1) is 0 Å². The van der Waals surface area contributed by atoms with Gasteiger partial charge in [-0.25, -0.2) is 9.97 Å². The molecule has 4 N–H and O–H groups in total. The predicted octanol–water partition coefficient (Wildman–Crippen LogP) is 2.26. The second-order valence-electron chi connectivity index (χ2n) is 14.6. The number of aryl methyl sites for hydroxylation is 1. The van der Waals surface area contributed by atoms with E-state index in [2.05, 4.69) is 31.5 Å². The minimum Gasteiger partial charge on any atom is -0.384 e. The zero-order valence-corrected chi connectivity index (χ0v) is 32.9. The summed E-state index contributed by atoms with van der Waals surface area (Å²) in [5, 5.41) is 19.8. The van der Waals surface area contributed by atoms with Crippen LogP contribution in [0.1, 0.15) is 88.8 Å². The highest BCUT2D eigenvalue weighted by atomic mass is 16.2. The molecule has 4 aromatic rings. The number of pyridine rings is 2. The third kappa shape index (κ3) is 7.87. The van der Waals surface area contributed by atoms with Gasteiger partial charge in [0, 0.05) is 56.9 Å². The van der Waals surface area contributed by atoms with E-state index in [1.807, 2.05) is 55.5 Å². The summed E-state index contributed by atoms with van der Waals surface area (Å²) in [5.74, 6) is -0.842. The number of hydrogen-bond acceptors (Lipinski definition) is 13. The molecule has 0 radical (unpaired) electrons. The van der Waals surface area contributed by atoms with E-state index in [0.717, 1.165) is 10.5 Å². The fraction of sp³-hybridized carbons (Fsp3) is 0.400. The van der Waals surface area contributed by atoms with E-state index >= 15 is 0 Å². The third-order valence-electron chi connectivity index (χ3n) is 10.6. The summed E-state index contributed by atoms with van der Waals surface area (Å²) in [6.45, 7) is 8.21. The van der Waals surface area contributed by atoms with Gasteiger partial charge in [0.2, 0.25) is 17.7 Å². The Labute approximate surface area is 334 Å². The van der Waals surface area contributed by atoms with Crippen molar-refractivity contribution in [2.75, 3.05) is 41.8 Å². The number of nitrogens with one attached hydrogen (secondary N) is 4. The topological polar surface area (TPSA) is 217 Å². The molecule has 3 aliphatic rings. The Morgan fingerprint density at radius 1 is 0.983 bits per heavy atom. The molecule has 18 heteroatoms. The lowest BCUT2D eigenvalue weighted by Crippen LogP contribution is -2.54. The van der Waals surface area contributed by atoms with Crippen molar-refractivity contribution in [3.05, 3.63) is 76.7 Å². The van der Waals surface area contributed by atoms with Crippen LogP contribution in [-0.4, -0.2) is 104 Å². The number of aromatic nitrogens is 5. The number of imide groups is 2. The predicted molar refractivity (Wildman–Crippen MR) is 213 cm³/mol. The summed E-state index contributed by atoms with van der Waals surface area (Å²) >= 11 is 0. The standard InChI is InChI=1S/C40H46N12O6/c1-5-50-22-44-48-36(50)28-12-9-13-31(45-28)51-21-26-25(38(51)56)18-32(49(4)23(2)3)46-29(26)19-41-20-34(54)43-17-7-6-16-42-27-11-8-10-24-35(27)40(58)52(39(24)57)30-14-15-33(53)47-37(30)55/h8-13,18,22-23,30,41-42H,5-7,14-17,19-21H2,1-4H3,(H,43,54)(H,47,53,55). The van der Waals surface area contributed by atoms with Gasteiger partial charge in [0.15, 0.2) is 5.82 Å². The Kier molecular flexibility index (Phi) is 11.6. The monoisotopic (exact) mass is 790 g/mol. The Morgan fingerprint density at radius 3 is 2.55 bits per heavy atom. The van der Waals surface area contributed by atoms with Crippen LogP contribution in [0.15, 0.2) is 48.8 Å². The minimum absolute atomic E-state index is 0.0360. The second kappa shape index (κ2) is 16.9. The molecule has 1 aromatic carbocycles. The molecule has 6 amide bonds. The molecular weight excluding hydrogens is 745 g/mol. The molecule has 0 spiro atoms. The van der Waals surface area contributed by atoms with Crippen molar-refractivity contribution in [2.45, 2.75) is 78.2 Å². The molecule has 3 aliphatic heterocycles. The summed E-state index contributed by atoms with van der Waals surface area (Å²) in [4.78, 5) is 91.5. The number of carbonyl (C=O) groups excluding carboxylic acids is 6.